The standard InChI is InChI=1S/C17H32O4Si2/c1-17(2,3)22(7,8)21-16-11-9-15(10-12-16)13-14-23(18-4,19-5)20-6/h9-12H,13-14H2,1-8H3. The summed E-state index contributed by atoms with van der Waals surface area (Å²) in [6.07, 6.45) is 0.863. The number of aryl methyl sites for hydroxylation is 1. The highest BCUT2D eigenvalue weighted by Crippen LogP contribution is 2.37. The Morgan fingerprint density at radius 3 is 1.74 bits per heavy atom. The Morgan fingerprint density at radius 2 is 1.35 bits per heavy atom. The lowest BCUT2D eigenvalue weighted by molar-refractivity contribution is 0.123. The molecule has 0 bridgehead atoms. The molecular weight excluding hydrogens is 324 g/mol. The monoisotopic (exact) mass is 356 g/mol. The van der Waals surface area contributed by atoms with Crippen LogP contribution in [0.3, 0.4) is 0 Å². The normalized spacial score (nSPS) is 13.2. The van der Waals surface area contributed by atoms with Gasteiger partial charge in [-0.25, -0.2) is 0 Å². The summed E-state index contributed by atoms with van der Waals surface area (Å²) in [6.45, 7) is 11.3. The fourth-order valence-corrected chi connectivity index (χ4v) is 4.76. The molecule has 0 aliphatic carbocycles. The molecule has 0 fully saturated rings. The van der Waals surface area contributed by atoms with Crippen LogP contribution in [0.1, 0.15) is 26.3 Å². The van der Waals surface area contributed by atoms with Gasteiger partial charge in [0.25, 0.3) is 0 Å². The van der Waals surface area contributed by atoms with Crippen LogP contribution in [-0.4, -0.2) is 38.5 Å². The first-order valence-corrected chi connectivity index (χ1v) is 12.9. The van der Waals surface area contributed by atoms with Crippen molar-refractivity contribution < 1.29 is 17.7 Å². The summed E-state index contributed by atoms with van der Waals surface area (Å²) < 4.78 is 22.7. The first kappa shape index (κ1) is 20.4. The second-order valence-corrected chi connectivity index (χ2v) is 15.1. The van der Waals surface area contributed by atoms with Crippen molar-refractivity contribution in [3.05, 3.63) is 29.8 Å². The molecule has 4 nitrogen and oxygen atoms in total. The molecule has 0 aromatic heterocycles. The number of rotatable bonds is 8. The molecule has 0 spiro atoms. The Morgan fingerprint density at radius 1 is 0.870 bits per heavy atom. The van der Waals surface area contributed by atoms with Crippen LogP contribution in [0.4, 0.5) is 0 Å². The molecule has 132 valence electrons. The Labute approximate surface area is 143 Å². The third-order valence-electron chi connectivity index (χ3n) is 4.76. The first-order valence-electron chi connectivity index (χ1n) is 8.02. The summed E-state index contributed by atoms with van der Waals surface area (Å²) in [5.74, 6) is 0.953. The van der Waals surface area contributed by atoms with Gasteiger partial charge in [0.05, 0.1) is 0 Å². The predicted octanol–water partition coefficient (Wildman–Crippen LogP) is 4.49. The zero-order valence-corrected chi connectivity index (χ0v) is 17.9. The van der Waals surface area contributed by atoms with E-state index < -0.39 is 17.1 Å². The van der Waals surface area contributed by atoms with E-state index in [-0.39, 0.29) is 5.04 Å². The summed E-state index contributed by atoms with van der Waals surface area (Å²) >= 11 is 0. The molecule has 0 saturated carbocycles. The van der Waals surface area contributed by atoms with Crippen LogP contribution < -0.4 is 4.43 Å². The first-order chi connectivity index (χ1) is 10.6. The van der Waals surface area contributed by atoms with Gasteiger partial charge in [0.1, 0.15) is 5.75 Å². The maximum atomic E-state index is 6.30. The van der Waals surface area contributed by atoms with E-state index >= 15 is 0 Å². The van der Waals surface area contributed by atoms with Gasteiger partial charge in [0, 0.05) is 27.4 Å². The van der Waals surface area contributed by atoms with Crippen LogP contribution in [-0.2, 0) is 19.7 Å². The highest BCUT2D eigenvalue weighted by atomic mass is 28.4. The zero-order chi connectivity index (χ0) is 17.7. The molecule has 6 heteroatoms. The van der Waals surface area contributed by atoms with Gasteiger partial charge in [-0.15, -0.1) is 0 Å². The van der Waals surface area contributed by atoms with E-state index in [2.05, 4.69) is 58.1 Å². The molecule has 0 N–H and O–H groups in total. The Kier molecular flexibility index (Phi) is 7.03. The van der Waals surface area contributed by atoms with Crippen molar-refractivity contribution in [1.82, 2.24) is 0 Å². The predicted molar refractivity (Wildman–Crippen MR) is 99.6 cm³/mol. The van der Waals surface area contributed by atoms with Crippen molar-refractivity contribution in [3.63, 3.8) is 0 Å². The third-order valence-corrected chi connectivity index (χ3v) is 11.8. The van der Waals surface area contributed by atoms with Crippen molar-refractivity contribution in [2.45, 2.75) is 51.4 Å². The van der Waals surface area contributed by atoms with Gasteiger partial charge in [-0.1, -0.05) is 32.9 Å². The summed E-state index contributed by atoms with van der Waals surface area (Å²) in [7, 11) is 0.661. The smallest absolute Gasteiger partial charge is 0.500 e. The molecule has 0 unspecified atom stereocenters. The lowest BCUT2D eigenvalue weighted by Gasteiger charge is -2.36. The van der Waals surface area contributed by atoms with E-state index in [1.807, 2.05) is 0 Å². The van der Waals surface area contributed by atoms with Crippen LogP contribution in [0.25, 0.3) is 0 Å². The zero-order valence-electron chi connectivity index (χ0n) is 15.9. The molecule has 0 heterocycles. The summed E-state index contributed by atoms with van der Waals surface area (Å²) in [6, 6.07) is 9.11. The highest BCUT2D eigenvalue weighted by molar-refractivity contribution is 6.74. The quantitative estimate of drug-likeness (QED) is 0.643. The van der Waals surface area contributed by atoms with Gasteiger partial charge >= 0.3 is 8.80 Å². The SMILES string of the molecule is CO[Si](CCc1ccc(O[Si](C)(C)C(C)(C)C)cc1)(OC)OC. The number of hydrogen-bond donors (Lipinski definition) is 0. The van der Waals surface area contributed by atoms with Crippen molar-refractivity contribution in [2.24, 2.45) is 0 Å². The van der Waals surface area contributed by atoms with E-state index in [1.54, 1.807) is 21.3 Å². The highest BCUT2D eigenvalue weighted by Gasteiger charge is 2.39. The van der Waals surface area contributed by atoms with Crippen LogP contribution in [0.2, 0.25) is 24.2 Å². The van der Waals surface area contributed by atoms with Crippen molar-refractivity contribution >= 4 is 17.1 Å². The van der Waals surface area contributed by atoms with Gasteiger partial charge in [-0.3, -0.25) is 0 Å². The molecule has 1 rings (SSSR count). The Hall–Kier alpha value is -0.666. The van der Waals surface area contributed by atoms with Crippen molar-refractivity contribution in [1.29, 1.82) is 0 Å². The fraction of sp³-hybridized carbons (Fsp3) is 0.647. The van der Waals surface area contributed by atoms with Gasteiger partial charge in [0.15, 0.2) is 0 Å². The maximum absolute atomic E-state index is 6.30. The van der Waals surface area contributed by atoms with E-state index in [1.165, 1.54) is 5.56 Å². The fourth-order valence-electron chi connectivity index (χ4n) is 2.03. The van der Waals surface area contributed by atoms with Gasteiger partial charge in [0.2, 0.25) is 8.32 Å². The molecule has 0 aliphatic rings. The van der Waals surface area contributed by atoms with Crippen LogP contribution in [0.5, 0.6) is 5.75 Å². The maximum Gasteiger partial charge on any atom is 0.500 e. The van der Waals surface area contributed by atoms with E-state index in [0.29, 0.717) is 0 Å². The van der Waals surface area contributed by atoms with Gasteiger partial charge in [-0.2, -0.15) is 0 Å². The van der Waals surface area contributed by atoms with Gasteiger partial charge in [-0.05, 0) is 42.2 Å². The largest absolute Gasteiger partial charge is 0.544 e. The average molecular weight is 357 g/mol. The van der Waals surface area contributed by atoms with Crippen LogP contribution in [0, 0.1) is 0 Å². The number of hydrogen-bond acceptors (Lipinski definition) is 4. The Balaban J connectivity index is 2.71. The third kappa shape index (κ3) is 5.43. The van der Waals surface area contributed by atoms with Crippen LogP contribution >= 0.6 is 0 Å². The number of benzene rings is 1. The summed E-state index contributed by atoms with van der Waals surface area (Å²) in [5, 5.41) is 0.201. The van der Waals surface area contributed by atoms with Crippen LogP contribution in [0.15, 0.2) is 24.3 Å². The molecule has 1 aromatic rings. The minimum Gasteiger partial charge on any atom is -0.544 e. The van der Waals surface area contributed by atoms with E-state index in [4.69, 9.17) is 17.7 Å². The minimum atomic E-state index is -2.50. The molecular formula is C17H32O4Si2. The van der Waals surface area contributed by atoms with Crippen molar-refractivity contribution in [2.75, 3.05) is 21.3 Å². The van der Waals surface area contributed by atoms with Crippen molar-refractivity contribution in [3.8, 4) is 5.75 Å². The summed E-state index contributed by atoms with van der Waals surface area (Å²) in [5.41, 5.74) is 1.23. The average Bonchev–Trinajstić information content (AvgIpc) is 2.49. The minimum absolute atomic E-state index is 0.201. The van der Waals surface area contributed by atoms with Gasteiger partial charge < -0.3 is 17.7 Å². The Bertz CT molecular complexity index is 468. The second-order valence-electron chi connectivity index (χ2n) is 7.30. The van der Waals surface area contributed by atoms with E-state index in [9.17, 15) is 0 Å². The molecule has 23 heavy (non-hydrogen) atoms. The molecule has 1 aromatic carbocycles. The summed E-state index contributed by atoms with van der Waals surface area (Å²) in [4.78, 5) is 0. The molecule has 0 atom stereocenters. The lowest BCUT2D eigenvalue weighted by atomic mass is 10.2. The second kappa shape index (κ2) is 7.94. The molecule has 0 amide bonds. The molecule has 0 saturated heterocycles. The van der Waals surface area contributed by atoms with E-state index in [0.717, 1.165) is 18.2 Å². The molecule has 0 aliphatic heterocycles. The topological polar surface area (TPSA) is 36.9 Å². The lowest BCUT2D eigenvalue weighted by Crippen LogP contribution is -2.43. The molecule has 0 radical (unpaired) electrons.